The van der Waals surface area contributed by atoms with Crippen LogP contribution in [-0.4, -0.2) is 48.9 Å². The van der Waals surface area contributed by atoms with Crippen molar-refractivity contribution < 1.29 is 4.79 Å². The molecule has 2 atom stereocenters. The van der Waals surface area contributed by atoms with Gasteiger partial charge < -0.3 is 9.80 Å². The lowest BCUT2D eigenvalue weighted by Crippen LogP contribution is -2.49. The van der Waals surface area contributed by atoms with Crippen LogP contribution in [0.25, 0.3) is 0 Å². The molecule has 112 valence electrons. The highest BCUT2D eigenvalue weighted by atomic mass is 16.2. The molecule has 4 nitrogen and oxygen atoms in total. The second-order valence-corrected chi connectivity index (χ2v) is 5.88. The molecule has 1 fully saturated rings. The molecule has 0 N–H and O–H groups in total. The quantitative estimate of drug-likeness (QED) is 0.849. The van der Waals surface area contributed by atoms with Crippen molar-refractivity contribution >= 4 is 5.91 Å². The zero-order chi connectivity index (χ0) is 15.2. The van der Waals surface area contributed by atoms with Crippen molar-refractivity contribution in [2.75, 3.05) is 27.2 Å². The second-order valence-electron chi connectivity index (χ2n) is 5.88. The number of benzene rings is 1. The molecular weight excluding hydrogens is 262 g/mol. The Balaban J connectivity index is 2.00. The van der Waals surface area contributed by atoms with E-state index in [9.17, 15) is 10.1 Å². The van der Waals surface area contributed by atoms with Crippen LogP contribution in [-0.2, 0) is 11.2 Å². The maximum absolute atomic E-state index is 12.6. The summed E-state index contributed by atoms with van der Waals surface area (Å²) in [5.41, 5.74) is 1.03. The average Bonchev–Trinajstić information content (AvgIpc) is 2.52. The van der Waals surface area contributed by atoms with Crippen molar-refractivity contribution in [3.63, 3.8) is 0 Å². The standard InChI is InChI=1S/C17H23N3O/c1-19-10-6-9-16(13-19)20(2)17(21)15(12-18)11-14-7-4-3-5-8-14/h3-5,7-8,15-16H,6,9-11,13H2,1-2H3. The van der Waals surface area contributed by atoms with E-state index in [2.05, 4.69) is 18.0 Å². The highest BCUT2D eigenvalue weighted by Crippen LogP contribution is 2.17. The van der Waals surface area contributed by atoms with Gasteiger partial charge in [0, 0.05) is 19.6 Å². The van der Waals surface area contributed by atoms with E-state index in [0.717, 1.165) is 31.5 Å². The van der Waals surface area contributed by atoms with E-state index in [0.29, 0.717) is 6.42 Å². The fourth-order valence-electron chi connectivity index (χ4n) is 2.92. The van der Waals surface area contributed by atoms with Gasteiger partial charge in [-0.3, -0.25) is 4.79 Å². The molecule has 2 rings (SSSR count). The number of hydrogen-bond donors (Lipinski definition) is 0. The van der Waals surface area contributed by atoms with Crippen LogP contribution in [0.5, 0.6) is 0 Å². The zero-order valence-corrected chi connectivity index (χ0v) is 12.8. The Hall–Kier alpha value is -1.86. The van der Waals surface area contributed by atoms with Crippen molar-refractivity contribution in [3.8, 4) is 6.07 Å². The molecule has 1 aliphatic rings. The van der Waals surface area contributed by atoms with E-state index in [1.54, 1.807) is 4.90 Å². The molecule has 1 heterocycles. The van der Waals surface area contributed by atoms with E-state index >= 15 is 0 Å². The first-order chi connectivity index (χ1) is 10.1. The molecule has 1 aromatic rings. The van der Waals surface area contributed by atoms with Crippen molar-refractivity contribution in [1.29, 1.82) is 5.26 Å². The predicted octanol–water partition coefficient (Wildman–Crippen LogP) is 1.92. The molecule has 1 saturated heterocycles. The van der Waals surface area contributed by atoms with Crippen LogP contribution >= 0.6 is 0 Å². The molecule has 1 aromatic carbocycles. The number of amides is 1. The zero-order valence-electron chi connectivity index (χ0n) is 12.8. The fourth-order valence-corrected chi connectivity index (χ4v) is 2.92. The first-order valence-corrected chi connectivity index (χ1v) is 7.50. The Morgan fingerprint density at radius 1 is 1.48 bits per heavy atom. The topological polar surface area (TPSA) is 47.3 Å². The average molecular weight is 285 g/mol. The molecular formula is C17H23N3O. The molecule has 0 bridgehead atoms. The number of hydrogen-bond acceptors (Lipinski definition) is 3. The number of nitrogens with zero attached hydrogens (tertiary/aromatic N) is 3. The van der Waals surface area contributed by atoms with Gasteiger partial charge in [0.1, 0.15) is 5.92 Å². The third-order valence-electron chi connectivity index (χ3n) is 4.23. The largest absolute Gasteiger partial charge is 0.340 e. The minimum absolute atomic E-state index is 0.0540. The van der Waals surface area contributed by atoms with Crippen LogP contribution in [0, 0.1) is 17.2 Å². The summed E-state index contributed by atoms with van der Waals surface area (Å²) in [4.78, 5) is 16.6. The molecule has 0 aliphatic carbocycles. The molecule has 0 radical (unpaired) electrons. The van der Waals surface area contributed by atoms with Gasteiger partial charge in [-0.2, -0.15) is 5.26 Å². The first kappa shape index (κ1) is 15.5. The maximum Gasteiger partial charge on any atom is 0.240 e. The van der Waals surface area contributed by atoms with E-state index in [1.165, 1.54) is 0 Å². The van der Waals surface area contributed by atoms with Crippen LogP contribution in [0.15, 0.2) is 30.3 Å². The first-order valence-electron chi connectivity index (χ1n) is 7.50. The van der Waals surface area contributed by atoms with Gasteiger partial charge >= 0.3 is 0 Å². The van der Waals surface area contributed by atoms with Crippen molar-refractivity contribution in [1.82, 2.24) is 9.80 Å². The van der Waals surface area contributed by atoms with Crippen LogP contribution in [0.3, 0.4) is 0 Å². The Labute approximate surface area is 127 Å². The third kappa shape index (κ3) is 4.05. The number of likely N-dealkylation sites (tertiary alicyclic amines) is 1. The summed E-state index contributed by atoms with van der Waals surface area (Å²) in [5, 5.41) is 9.35. The van der Waals surface area contributed by atoms with E-state index in [4.69, 9.17) is 0 Å². The summed E-state index contributed by atoms with van der Waals surface area (Å²) in [6, 6.07) is 12.1. The fraction of sp³-hybridized carbons (Fsp3) is 0.529. The van der Waals surface area contributed by atoms with Crippen LogP contribution < -0.4 is 0 Å². The van der Waals surface area contributed by atoms with E-state index < -0.39 is 5.92 Å². The SMILES string of the molecule is CN1CCCC(N(C)C(=O)C(C#N)Cc2ccccc2)C1. The smallest absolute Gasteiger partial charge is 0.240 e. The van der Waals surface area contributed by atoms with Gasteiger partial charge in [0.05, 0.1) is 6.07 Å². The highest BCUT2D eigenvalue weighted by Gasteiger charge is 2.29. The lowest BCUT2D eigenvalue weighted by atomic mass is 9.97. The van der Waals surface area contributed by atoms with Gasteiger partial charge in [-0.25, -0.2) is 0 Å². The molecule has 21 heavy (non-hydrogen) atoms. The van der Waals surface area contributed by atoms with Crippen LogP contribution in [0.2, 0.25) is 0 Å². The molecule has 0 spiro atoms. The maximum atomic E-state index is 12.6. The van der Waals surface area contributed by atoms with Crippen molar-refractivity contribution in [3.05, 3.63) is 35.9 Å². The minimum atomic E-state index is -0.593. The number of carbonyl (C=O) groups is 1. The number of nitriles is 1. The number of piperidine rings is 1. The minimum Gasteiger partial charge on any atom is -0.340 e. The molecule has 0 saturated carbocycles. The van der Waals surface area contributed by atoms with Crippen LogP contribution in [0.1, 0.15) is 18.4 Å². The Morgan fingerprint density at radius 3 is 2.81 bits per heavy atom. The number of rotatable bonds is 4. The Bertz CT molecular complexity index is 509. The molecule has 4 heteroatoms. The Kier molecular flexibility index (Phi) is 5.35. The van der Waals surface area contributed by atoms with Crippen molar-refractivity contribution in [2.24, 2.45) is 5.92 Å². The second kappa shape index (κ2) is 7.24. The van der Waals surface area contributed by atoms with E-state index in [-0.39, 0.29) is 11.9 Å². The molecule has 0 aromatic heterocycles. The summed E-state index contributed by atoms with van der Waals surface area (Å²) >= 11 is 0. The summed E-state index contributed by atoms with van der Waals surface area (Å²) in [5.74, 6) is -0.647. The monoisotopic (exact) mass is 285 g/mol. The number of carbonyl (C=O) groups excluding carboxylic acids is 1. The highest BCUT2D eigenvalue weighted by molar-refractivity contribution is 5.81. The van der Waals surface area contributed by atoms with Gasteiger partial charge in [0.2, 0.25) is 5.91 Å². The van der Waals surface area contributed by atoms with Crippen molar-refractivity contribution in [2.45, 2.75) is 25.3 Å². The normalized spacial score (nSPS) is 20.5. The molecule has 2 unspecified atom stereocenters. The van der Waals surface area contributed by atoms with E-state index in [1.807, 2.05) is 37.4 Å². The third-order valence-corrected chi connectivity index (χ3v) is 4.23. The van der Waals surface area contributed by atoms with Gasteiger partial charge in [0.15, 0.2) is 0 Å². The predicted molar refractivity (Wildman–Crippen MR) is 82.5 cm³/mol. The summed E-state index contributed by atoms with van der Waals surface area (Å²) in [6.45, 7) is 1.98. The Morgan fingerprint density at radius 2 is 2.19 bits per heavy atom. The summed E-state index contributed by atoms with van der Waals surface area (Å²) in [6.07, 6.45) is 2.62. The van der Waals surface area contributed by atoms with Gasteiger partial charge in [-0.05, 0) is 38.4 Å². The number of likely N-dealkylation sites (N-methyl/N-ethyl adjacent to an activating group) is 2. The lowest BCUT2D eigenvalue weighted by Gasteiger charge is -2.36. The molecule has 1 amide bonds. The lowest BCUT2D eigenvalue weighted by molar-refractivity contribution is -0.135. The van der Waals surface area contributed by atoms with Crippen LogP contribution in [0.4, 0.5) is 0 Å². The molecule has 1 aliphatic heterocycles. The van der Waals surface area contributed by atoms with Gasteiger partial charge in [-0.1, -0.05) is 30.3 Å². The summed E-state index contributed by atoms with van der Waals surface area (Å²) in [7, 11) is 3.91. The summed E-state index contributed by atoms with van der Waals surface area (Å²) < 4.78 is 0. The van der Waals surface area contributed by atoms with Gasteiger partial charge in [0.25, 0.3) is 0 Å². The van der Waals surface area contributed by atoms with Gasteiger partial charge in [-0.15, -0.1) is 0 Å².